The zero-order chi connectivity index (χ0) is 13.8. The molecular formula is C13H17ClN2O3. The highest BCUT2D eigenvalue weighted by atomic mass is 35.5. The van der Waals surface area contributed by atoms with E-state index in [1.54, 1.807) is 4.90 Å². The van der Waals surface area contributed by atoms with Gasteiger partial charge in [0.2, 0.25) is 0 Å². The first-order valence-electron chi connectivity index (χ1n) is 6.21. The van der Waals surface area contributed by atoms with Crippen molar-refractivity contribution in [3.05, 3.63) is 23.8 Å². The van der Waals surface area contributed by atoms with Crippen LogP contribution in [-0.2, 0) is 0 Å². The number of piperazine rings is 1. The number of aromatic hydroxyl groups is 2. The van der Waals surface area contributed by atoms with E-state index in [1.807, 2.05) is 0 Å². The fourth-order valence-corrected chi connectivity index (χ4v) is 2.37. The highest BCUT2D eigenvalue weighted by Gasteiger charge is 2.22. The van der Waals surface area contributed by atoms with E-state index in [-0.39, 0.29) is 17.4 Å². The number of carbonyl (C=O) groups excluding carboxylic acids is 1. The molecule has 0 aromatic heterocycles. The van der Waals surface area contributed by atoms with E-state index < -0.39 is 0 Å². The Morgan fingerprint density at radius 3 is 2.42 bits per heavy atom. The molecular weight excluding hydrogens is 268 g/mol. The fraction of sp³-hybridized carbons (Fsp3) is 0.462. The Morgan fingerprint density at radius 2 is 1.84 bits per heavy atom. The summed E-state index contributed by atoms with van der Waals surface area (Å²) < 4.78 is 0. The lowest BCUT2D eigenvalue weighted by Crippen LogP contribution is -2.49. The molecule has 0 spiro atoms. The van der Waals surface area contributed by atoms with Gasteiger partial charge in [-0.1, -0.05) is 0 Å². The predicted molar refractivity (Wildman–Crippen MR) is 72.8 cm³/mol. The van der Waals surface area contributed by atoms with E-state index in [9.17, 15) is 15.0 Å². The maximum absolute atomic E-state index is 12.2. The van der Waals surface area contributed by atoms with Crippen LogP contribution in [0.25, 0.3) is 0 Å². The van der Waals surface area contributed by atoms with Crippen LogP contribution < -0.4 is 0 Å². The molecule has 1 fully saturated rings. The summed E-state index contributed by atoms with van der Waals surface area (Å²) in [6, 6.07) is 4.14. The number of amides is 1. The van der Waals surface area contributed by atoms with E-state index in [1.165, 1.54) is 18.2 Å². The number of carbonyl (C=O) groups is 1. The van der Waals surface area contributed by atoms with Crippen LogP contribution >= 0.6 is 11.6 Å². The molecule has 0 bridgehead atoms. The van der Waals surface area contributed by atoms with E-state index in [0.717, 1.165) is 19.6 Å². The summed E-state index contributed by atoms with van der Waals surface area (Å²) in [7, 11) is 0. The maximum atomic E-state index is 12.2. The molecule has 1 heterocycles. The van der Waals surface area contributed by atoms with Crippen LogP contribution in [0.2, 0.25) is 0 Å². The third kappa shape index (κ3) is 3.30. The van der Waals surface area contributed by atoms with E-state index in [0.29, 0.717) is 24.5 Å². The Hall–Kier alpha value is -1.46. The number of rotatable bonds is 3. The van der Waals surface area contributed by atoms with Gasteiger partial charge in [-0.15, -0.1) is 11.6 Å². The van der Waals surface area contributed by atoms with Gasteiger partial charge in [0.1, 0.15) is 0 Å². The molecule has 1 aromatic carbocycles. The van der Waals surface area contributed by atoms with E-state index in [2.05, 4.69) is 4.90 Å². The Bertz CT molecular complexity index is 459. The van der Waals surface area contributed by atoms with Gasteiger partial charge in [-0.2, -0.15) is 0 Å². The van der Waals surface area contributed by atoms with Crippen molar-refractivity contribution in [2.24, 2.45) is 0 Å². The van der Waals surface area contributed by atoms with Gasteiger partial charge in [0.05, 0.1) is 0 Å². The minimum Gasteiger partial charge on any atom is -0.504 e. The molecule has 1 amide bonds. The fourth-order valence-electron chi connectivity index (χ4n) is 2.13. The highest BCUT2D eigenvalue weighted by molar-refractivity contribution is 6.18. The molecule has 1 aliphatic heterocycles. The van der Waals surface area contributed by atoms with Crippen molar-refractivity contribution in [1.29, 1.82) is 0 Å². The number of alkyl halides is 1. The smallest absolute Gasteiger partial charge is 0.254 e. The van der Waals surface area contributed by atoms with Gasteiger partial charge in [0.15, 0.2) is 11.5 Å². The van der Waals surface area contributed by atoms with Crippen LogP contribution in [0, 0.1) is 0 Å². The zero-order valence-corrected chi connectivity index (χ0v) is 11.3. The second kappa shape index (κ2) is 6.12. The molecule has 6 heteroatoms. The summed E-state index contributed by atoms with van der Waals surface area (Å²) in [5, 5.41) is 18.7. The minimum absolute atomic E-state index is 0.124. The van der Waals surface area contributed by atoms with Crippen LogP contribution in [0.4, 0.5) is 0 Å². The van der Waals surface area contributed by atoms with Gasteiger partial charge in [-0.05, 0) is 18.2 Å². The van der Waals surface area contributed by atoms with Crippen LogP contribution in [-0.4, -0.2) is 64.5 Å². The number of halogens is 1. The third-order valence-electron chi connectivity index (χ3n) is 3.28. The quantitative estimate of drug-likeness (QED) is 0.644. The summed E-state index contributed by atoms with van der Waals surface area (Å²) in [6.45, 7) is 3.75. The molecule has 2 N–H and O–H groups in total. The highest BCUT2D eigenvalue weighted by Crippen LogP contribution is 2.25. The number of phenols is 2. The minimum atomic E-state index is -0.272. The van der Waals surface area contributed by atoms with Crippen LogP contribution in [0.5, 0.6) is 11.5 Å². The lowest BCUT2D eigenvalue weighted by atomic mass is 10.1. The van der Waals surface area contributed by atoms with Crippen molar-refractivity contribution in [3.63, 3.8) is 0 Å². The topological polar surface area (TPSA) is 64.0 Å². The van der Waals surface area contributed by atoms with Gasteiger partial charge in [0, 0.05) is 44.2 Å². The predicted octanol–water partition coefficient (Wildman–Crippen LogP) is 1.09. The monoisotopic (exact) mass is 284 g/mol. The Morgan fingerprint density at radius 1 is 1.16 bits per heavy atom. The number of hydrogen-bond acceptors (Lipinski definition) is 4. The Labute approximate surface area is 117 Å². The summed E-state index contributed by atoms with van der Waals surface area (Å²) in [5.74, 6) is -0.0179. The number of benzene rings is 1. The lowest BCUT2D eigenvalue weighted by Gasteiger charge is -2.34. The molecule has 0 saturated carbocycles. The van der Waals surface area contributed by atoms with Crippen molar-refractivity contribution in [2.75, 3.05) is 38.6 Å². The van der Waals surface area contributed by atoms with Crippen molar-refractivity contribution in [1.82, 2.24) is 9.80 Å². The average Bonchev–Trinajstić information content (AvgIpc) is 2.42. The second-order valence-electron chi connectivity index (χ2n) is 4.53. The van der Waals surface area contributed by atoms with Crippen LogP contribution in [0.1, 0.15) is 10.4 Å². The van der Waals surface area contributed by atoms with Gasteiger partial charge in [-0.25, -0.2) is 0 Å². The van der Waals surface area contributed by atoms with Crippen LogP contribution in [0.3, 0.4) is 0 Å². The number of phenolic OH excluding ortho intramolecular Hbond substituents is 2. The normalized spacial score (nSPS) is 16.6. The molecule has 5 nitrogen and oxygen atoms in total. The molecule has 1 aliphatic rings. The molecule has 104 valence electrons. The van der Waals surface area contributed by atoms with Gasteiger partial charge in [0.25, 0.3) is 5.91 Å². The van der Waals surface area contributed by atoms with Gasteiger partial charge >= 0.3 is 0 Å². The van der Waals surface area contributed by atoms with Crippen molar-refractivity contribution >= 4 is 17.5 Å². The Kier molecular flexibility index (Phi) is 4.50. The molecule has 0 unspecified atom stereocenters. The molecule has 1 saturated heterocycles. The van der Waals surface area contributed by atoms with Crippen molar-refractivity contribution in [2.45, 2.75) is 0 Å². The first-order valence-corrected chi connectivity index (χ1v) is 6.75. The third-order valence-corrected chi connectivity index (χ3v) is 3.45. The number of hydrogen-bond donors (Lipinski definition) is 2. The lowest BCUT2D eigenvalue weighted by molar-refractivity contribution is 0.0644. The zero-order valence-electron chi connectivity index (χ0n) is 10.5. The molecule has 0 radical (unpaired) electrons. The molecule has 2 rings (SSSR count). The summed E-state index contributed by atoms with van der Waals surface area (Å²) in [6.07, 6.45) is 0. The van der Waals surface area contributed by atoms with Crippen molar-refractivity contribution < 1.29 is 15.0 Å². The maximum Gasteiger partial charge on any atom is 0.254 e. The van der Waals surface area contributed by atoms with E-state index >= 15 is 0 Å². The van der Waals surface area contributed by atoms with Gasteiger partial charge in [-0.3, -0.25) is 9.69 Å². The summed E-state index contributed by atoms with van der Waals surface area (Å²) >= 11 is 5.69. The SMILES string of the molecule is O=C(c1ccc(O)c(O)c1)N1CCN(CCCl)CC1. The molecule has 19 heavy (non-hydrogen) atoms. The summed E-state index contributed by atoms with van der Waals surface area (Å²) in [5.41, 5.74) is 0.390. The largest absolute Gasteiger partial charge is 0.504 e. The summed E-state index contributed by atoms with van der Waals surface area (Å²) in [4.78, 5) is 16.2. The first-order chi connectivity index (χ1) is 9.11. The molecule has 1 aromatic rings. The van der Waals surface area contributed by atoms with E-state index in [4.69, 9.17) is 11.6 Å². The van der Waals surface area contributed by atoms with Crippen LogP contribution in [0.15, 0.2) is 18.2 Å². The van der Waals surface area contributed by atoms with Crippen molar-refractivity contribution in [3.8, 4) is 11.5 Å². The standard InChI is InChI=1S/C13H17ClN2O3/c14-3-4-15-5-7-16(8-6-15)13(19)10-1-2-11(17)12(18)9-10/h1-2,9,17-18H,3-8H2. The molecule has 0 atom stereocenters. The first kappa shape index (κ1) is 14.0. The second-order valence-corrected chi connectivity index (χ2v) is 4.90. The Balaban J connectivity index is 1.99. The average molecular weight is 285 g/mol. The molecule has 0 aliphatic carbocycles. The number of nitrogens with zero attached hydrogens (tertiary/aromatic N) is 2. The van der Waals surface area contributed by atoms with Gasteiger partial charge < -0.3 is 15.1 Å².